The van der Waals surface area contributed by atoms with E-state index in [1.165, 1.54) is 24.6 Å². The maximum atomic E-state index is 12.8. The molecule has 1 atom stereocenters. The smallest absolute Gasteiger partial charge is 0.243 e. The molecule has 1 saturated heterocycles. The first-order valence-electron chi connectivity index (χ1n) is 6.86. The van der Waals surface area contributed by atoms with Gasteiger partial charge in [0.1, 0.15) is 0 Å². The van der Waals surface area contributed by atoms with Gasteiger partial charge in [0.2, 0.25) is 10.0 Å². The summed E-state index contributed by atoms with van der Waals surface area (Å²) in [7, 11) is -0.498. The van der Waals surface area contributed by atoms with Crippen LogP contribution < -0.4 is 14.8 Å². The molecule has 0 aromatic heterocycles. The lowest BCUT2D eigenvalue weighted by Crippen LogP contribution is -2.51. The second kappa shape index (κ2) is 6.21. The highest BCUT2D eigenvalue weighted by molar-refractivity contribution is 7.89. The number of rotatable bonds is 4. The Balaban J connectivity index is 2.44. The molecule has 0 saturated carbocycles. The number of ether oxygens (including phenoxy) is 2. The third kappa shape index (κ3) is 3.14. The van der Waals surface area contributed by atoms with Crippen molar-refractivity contribution in [3.63, 3.8) is 0 Å². The minimum atomic E-state index is -3.53. The van der Waals surface area contributed by atoms with Gasteiger partial charge in [0.05, 0.1) is 19.1 Å². The van der Waals surface area contributed by atoms with Crippen LogP contribution in [0, 0.1) is 6.92 Å². The van der Waals surface area contributed by atoms with Crippen LogP contribution >= 0.6 is 0 Å². The van der Waals surface area contributed by atoms with Crippen molar-refractivity contribution >= 4 is 10.0 Å². The van der Waals surface area contributed by atoms with Crippen molar-refractivity contribution in [3.8, 4) is 11.5 Å². The van der Waals surface area contributed by atoms with E-state index >= 15 is 0 Å². The Kier molecular flexibility index (Phi) is 4.75. The van der Waals surface area contributed by atoms with Crippen molar-refractivity contribution in [2.75, 3.05) is 33.9 Å². The summed E-state index contributed by atoms with van der Waals surface area (Å²) in [6.07, 6.45) is 0. The molecule has 2 rings (SSSR count). The standard InChI is InChI=1S/C14H22N2O4S/c1-10-7-12(19-3)13(20-4)8-14(10)21(17,18)16-6-5-15-11(2)9-16/h7-8,11,15H,5-6,9H2,1-4H3/t11-/m1/s1. The van der Waals surface area contributed by atoms with Gasteiger partial charge in [-0.3, -0.25) is 0 Å². The monoisotopic (exact) mass is 314 g/mol. The van der Waals surface area contributed by atoms with E-state index in [4.69, 9.17) is 9.47 Å². The Morgan fingerprint density at radius 1 is 1.24 bits per heavy atom. The van der Waals surface area contributed by atoms with E-state index < -0.39 is 10.0 Å². The van der Waals surface area contributed by atoms with E-state index in [0.717, 1.165) is 0 Å². The average Bonchev–Trinajstić information content (AvgIpc) is 2.46. The predicted molar refractivity (Wildman–Crippen MR) is 80.5 cm³/mol. The van der Waals surface area contributed by atoms with Gasteiger partial charge < -0.3 is 14.8 Å². The summed E-state index contributed by atoms with van der Waals surface area (Å²) in [5.74, 6) is 0.951. The van der Waals surface area contributed by atoms with Gasteiger partial charge in [-0.1, -0.05) is 0 Å². The summed E-state index contributed by atoms with van der Waals surface area (Å²) < 4.78 is 37.6. The molecule has 1 aliphatic rings. The Bertz CT molecular complexity index is 616. The zero-order valence-electron chi connectivity index (χ0n) is 12.8. The average molecular weight is 314 g/mol. The first kappa shape index (κ1) is 16.1. The fourth-order valence-corrected chi connectivity index (χ4v) is 4.25. The van der Waals surface area contributed by atoms with E-state index in [2.05, 4.69) is 5.32 Å². The number of nitrogens with one attached hydrogen (secondary N) is 1. The van der Waals surface area contributed by atoms with Crippen LogP contribution in [-0.2, 0) is 10.0 Å². The topological polar surface area (TPSA) is 67.9 Å². The second-order valence-corrected chi connectivity index (χ2v) is 7.10. The van der Waals surface area contributed by atoms with Crippen molar-refractivity contribution < 1.29 is 17.9 Å². The van der Waals surface area contributed by atoms with Gasteiger partial charge in [0.25, 0.3) is 0 Å². The van der Waals surface area contributed by atoms with Crippen LogP contribution in [-0.4, -0.2) is 52.6 Å². The molecule has 1 aromatic carbocycles. The molecule has 1 N–H and O–H groups in total. The quantitative estimate of drug-likeness (QED) is 0.898. The van der Waals surface area contributed by atoms with E-state index in [0.29, 0.717) is 36.7 Å². The molecular formula is C14H22N2O4S. The first-order chi connectivity index (χ1) is 9.90. The Labute approximate surface area is 126 Å². The highest BCUT2D eigenvalue weighted by Gasteiger charge is 2.30. The van der Waals surface area contributed by atoms with Crippen LogP contribution in [0.3, 0.4) is 0 Å². The summed E-state index contributed by atoms with van der Waals surface area (Å²) in [6.45, 7) is 5.34. The Hall–Kier alpha value is -1.31. The normalized spacial score (nSPS) is 20.3. The summed E-state index contributed by atoms with van der Waals surface area (Å²) in [5, 5.41) is 3.24. The second-order valence-electron chi connectivity index (χ2n) is 5.19. The molecule has 21 heavy (non-hydrogen) atoms. The first-order valence-corrected chi connectivity index (χ1v) is 8.30. The van der Waals surface area contributed by atoms with Crippen LogP contribution in [0.25, 0.3) is 0 Å². The largest absolute Gasteiger partial charge is 0.493 e. The maximum absolute atomic E-state index is 12.8. The SMILES string of the molecule is COc1cc(C)c(S(=O)(=O)N2CCN[C@H](C)C2)cc1OC. The molecule has 7 heteroatoms. The molecule has 1 heterocycles. The molecule has 0 amide bonds. The van der Waals surface area contributed by atoms with Crippen molar-refractivity contribution in [1.29, 1.82) is 0 Å². The minimum Gasteiger partial charge on any atom is -0.493 e. The molecule has 0 aliphatic carbocycles. The molecule has 0 bridgehead atoms. The molecule has 6 nitrogen and oxygen atoms in total. The number of nitrogens with zero attached hydrogens (tertiary/aromatic N) is 1. The maximum Gasteiger partial charge on any atom is 0.243 e. The lowest BCUT2D eigenvalue weighted by molar-refractivity contribution is 0.309. The van der Waals surface area contributed by atoms with E-state index in [1.807, 2.05) is 6.92 Å². The van der Waals surface area contributed by atoms with Gasteiger partial charge in [-0.15, -0.1) is 0 Å². The minimum absolute atomic E-state index is 0.147. The molecule has 0 spiro atoms. The summed E-state index contributed by atoms with van der Waals surface area (Å²) >= 11 is 0. The van der Waals surface area contributed by atoms with Crippen LogP contribution in [0.4, 0.5) is 0 Å². The molecular weight excluding hydrogens is 292 g/mol. The molecule has 1 aliphatic heterocycles. The molecule has 0 unspecified atom stereocenters. The lowest BCUT2D eigenvalue weighted by Gasteiger charge is -2.31. The van der Waals surface area contributed by atoms with Crippen LogP contribution in [0.15, 0.2) is 17.0 Å². The van der Waals surface area contributed by atoms with E-state index in [-0.39, 0.29) is 10.9 Å². The van der Waals surface area contributed by atoms with Gasteiger partial charge in [0.15, 0.2) is 11.5 Å². The fraction of sp³-hybridized carbons (Fsp3) is 0.571. The Morgan fingerprint density at radius 2 is 1.86 bits per heavy atom. The van der Waals surface area contributed by atoms with Crippen LogP contribution in [0.2, 0.25) is 0 Å². The number of aryl methyl sites for hydroxylation is 1. The van der Waals surface area contributed by atoms with Crippen molar-refractivity contribution in [2.45, 2.75) is 24.8 Å². The zero-order chi connectivity index (χ0) is 15.6. The highest BCUT2D eigenvalue weighted by atomic mass is 32.2. The summed E-state index contributed by atoms with van der Waals surface area (Å²) in [5.41, 5.74) is 0.652. The number of methoxy groups -OCH3 is 2. The fourth-order valence-electron chi connectivity index (χ4n) is 2.49. The van der Waals surface area contributed by atoms with Gasteiger partial charge in [-0.2, -0.15) is 4.31 Å². The molecule has 1 fully saturated rings. The number of piperazine rings is 1. The van der Waals surface area contributed by atoms with Gasteiger partial charge >= 0.3 is 0 Å². The number of hydrogen-bond donors (Lipinski definition) is 1. The molecule has 1 aromatic rings. The van der Waals surface area contributed by atoms with Crippen LogP contribution in [0.1, 0.15) is 12.5 Å². The number of sulfonamides is 1. The van der Waals surface area contributed by atoms with Crippen LogP contribution in [0.5, 0.6) is 11.5 Å². The van der Waals surface area contributed by atoms with Crippen molar-refractivity contribution in [2.24, 2.45) is 0 Å². The van der Waals surface area contributed by atoms with E-state index in [1.54, 1.807) is 13.0 Å². The Morgan fingerprint density at radius 3 is 2.43 bits per heavy atom. The van der Waals surface area contributed by atoms with Crippen molar-refractivity contribution in [3.05, 3.63) is 17.7 Å². The third-order valence-corrected chi connectivity index (χ3v) is 5.64. The highest BCUT2D eigenvalue weighted by Crippen LogP contribution is 2.33. The van der Waals surface area contributed by atoms with Gasteiger partial charge in [0, 0.05) is 31.7 Å². The summed E-state index contributed by atoms with van der Waals surface area (Å²) in [4.78, 5) is 0.272. The predicted octanol–water partition coefficient (Wildman–Crippen LogP) is 0.995. The van der Waals surface area contributed by atoms with Crippen molar-refractivity contribution in [1.82, 2.24) is 9.62 Å². The lowest BCUT2D eigenvalue weighted by atomic mass is 10.2. The summed E-state index contributed by atoms with van der Waals surface area (Å²) in [6, 6.07) is 3.38. The van der Waals surface area contributed by atoms with Gasteiger partial charge in [-0.05, 0) is 25.5 Å². The third-order valence-electron chi connectivity index (χ3n) is 3.63. The molecule has 0 radical (unpaired) electrons. The number of benzene rings is 1. The number of hydrogen-bond acceptors (Lipinski definition) is 5. The van der Waals surface area contributed by atoms with E-state index in [9.17, 15) is 8.42 Å². The molecule has 118 valence electrons. The zero-order valence-corrected chi connectivity index (χ0v) is 13.7. The van der Waals surface area contributed by atoms with Gasteiger partial charge in [-0.25, -0.2) is 8.42 Å².